The van der Waals surface area contributed by atoms with Gasteiger partial charge in [-0.3, -0.25) is 4.79 Å². The third-order valence-corrected chi connectivity index (χ3v) is 3.69. The van der Waals surface area contributed by atoms with E-state index >= 15 is 0 Å². The zero-order valence-electron chi connectivity index (χ0n) is 13.8. The molecule has 2 rings (SSSR count). The maximum atomic E-state index is 12.0. The van der Waals surface area contributed by atoms with Gasteiger partial charge >= 0.3 is 0 Å². The van der Waals surface area contributed by atoms with Gasteiger partial charge in [-0.2, -0.15) is 0 Å². The molecule has 5 nitrogen and oxygen atoms in total. The first kappa shape index (κ1) is 18.1. The number of amides is 1. The van der Waals surface area contributed by atoms with E-state index in [4.69, 9.17) is 21.1 Å². The van der Waals surface area contributed by atoms with Crippen LogP contribution in [-0.4, -0.2) is 26.7 Å². The lowest BCUT2D eigenvalue weighted by molar-refractivity contribution is -0.116. The lowest BCUT2D eigenvalue weighted by Gasteiger charge is -2.11. The fourth-order valence-corrected chi connectivity index (χ4v) is 2.34. The van der Waals surface area contributed by atoms with Crippen LogP contribution in [0.4, 0.5) is 5.69 Å². The Morgan fingerprint density at radius 2 is 1.83 bits per heavy atom. The molecule has 0 heterocycles. The average molecular weight is 349 g/mol. The summed E-state index contributed by atoms with van der Waals surface area (Å²) in [6.07, 6.45) is 0.353. The van der Waals surface area contributed by atoms with E-state index in [0.29, 0.717) is 36.0 Å². The summed E-state index contributed by atoms with van der Waals surface area (Å²) in [5.74, 6) is 1.31. The highest BCUT2D eigenvalue weighted by atomic mass is 35.5. The lowest BCUT2D eigenvalue weighted by atomic mass is 10.2. The smallest absolute Gasteiger partial charge is 0.225 e. The molecule has 0 saturated heterocycles. The van der Waals surface area contributed by atoms with Crippen molar-refractivity contribution < 1.29 is 14.3 Å². The van der Waals surface area contributed by atoms with Crippen LogP contribution in [0.5, 0.6) is 11.5 Å². The van der Waals surface area contributed by atoms with Crippen LogP contribution in [0.2, 0.25) is 5.02 Å². The lowest BCUT2D eigenvalue weighted by Crippen LogP contribution is -2.21. The molecule has 24 heavy (non-hydrogen) atoms. The molecule has 2 aromatic carbocycles. The van der Waals surface area contributed by atoms with E-state index in [1.165, 1.54) is 0 Å². The van der Waals surface area contributed by atoms with Crippen LogP contribution in [0.3, 0.4) is 0 Å². The second-order valence-electron chi connectivity index (χ2n) is 5.17. The molecule has 0 aromatic heterocycles. The molecule has 1 amide bonds. The van der Waals surface area contributed by atoms with Crippen LogP contribution in [0, 0.1) is 0 Å². The molecule has 0 unspecified atom stereocenters. The molecule has 0 bridgehead atoms. The molecule has 0 saturated carbocycles. The van der Waals surface area contributed by atoms with E-state index in [2.05, 4.69) is 10.6 Å². The highest BCUT2D eigenvalue weighted by Crippen LogP contribution is 2.27. The number of rotatable bonds is 8. The van der Waals surface area contributed by atoms with Crippen LogP contribution in [-0.2, 0) is 11.3 Å². The van der Waals surface area contributed by atoms with Gasteiger partial charge in [0.05, 0.1) is 19.9 Å². The zero-order valence-corrected chi connectivity index (χ0v) is 14.5. The Bertz CT molecular complexity index is 674. The summed E-state index contributed by atoms with van der Waals surface area (Å²) >= 11 is 5.95. The van der Waals surface area contributed by atoms with Crippen molar-refractivity contribution in [3.05, 3.63) is 53.1 Å². The zero-order chi connectivity index (χ0) is 17.4. The minimum atomic E-state index is -0.0993. The molecule has 128 valence electrons. The molecule has 0 aliphatic heterocycles. The Hall–Kier alpha value is -2.24. The van der Waals surface area contributed by atoms with E-state index in [0.717, 1.165) is 11.3 Å². The van der Waals surface area contributed by atoms with Crippen molar-refractivity contribution in [2.75, 3.05) is 26.1 Å². The van der Waals surface area contributed by atoms with Crippen LogP contribution in [0.1, 0.15) is 12.0 Å². The molecule has 0 aliphatic carbocycles. The van der Waals surface area contributed by atoms with Gasteiger partial charge in [-0.05, 0) is 35.9 Å². The molecule has 0 spiro atoms. The van der Waals surface area contributed by atoms with Crippen LogP contribution in [0.15, 0.2) is 42.5 Å². The fraction of sp³-hybridized carbons (Fsp3) is 0.278. The van der Waals surface area contributed by atoms with Crippen LogP contribution in [0.25, 0.3) is 0 Å². The molecule has 2 aromatic rings. The molecule has 0 atom stereocenters. The Morgan fingerprint density at radius 1 is 1.08 bits per heavy atom. The minimum absolute atomic E-state index is 0.0993. The molecule has 6 heteroatoms. The number of benzene rings is 2. The van der Waals surface area contributed by atoms with Crippen LogP contribution < -0.4 is 20.1 Å². The van der Waals surface area contributed by atoms with Gasteiger partial charge in [0, 0.05) is 24.5 Å². The average Bonchev–Trinajstić information content (AvgIpc) is 2.59. The number of hydrogen-bond acceptors (Lipinski definition) is 4. The summed E-state index contributed by atoms with van der Waals surface area (Å²) in [7, 11) is 3.19. The first-order valence-corrected chi connectivity index (χ1v) is 7.97. The Balaban J connectivity index is 1.76. The Labute approximate surface area is 146 Å². The van der Waals surface area contributed by atoms with E-state index < -0.39 is 0 Å². The summed E-state index contributed by atoms with van der Waals surface area (Å²) < 4.78 is 10.3. The number of carbonyl (C=O) groups is 1. The van der Waals surface area contributed by atoms with Crippen LogP contribution >= 0.6 is 11.6 Å². The maximum Gasteiger partial charge on any atom is 0.225 e. The van der Waals surface area contributed by atoms with E-state index in [1.54, 1.807) is 32.4 Å². The summed E-state index contributed by atoms with van der Waals surface area (Å²) in [6, 6.07) is 12.9. The maximum absolute atomic E-state index is 12.0. The molecule has 0 fully saturated rings. The number of anilines is 1. The van der Waals surface area contributed by atoms with Crippen molar-refractivity contribution in [2.24, 2.45) is 0 Å². The Morgan fingerprint density at radius 3 is 2.50 bits per heavy atom. The SMILES string of the molecule is COc1ccc(CNCCC(=O)Nc2cc(Cl)ccc2OC)cc1. The number of halogens is 1. The van der Waals surface area contributed by atoms with Gasteiger partial charge in [0.25, 0.3) is 0 Å². The van der Waals surface area contributed by atoms with Gasteiger partial charge in [-0.15, -0.1) is 0 Å². The van der Waals surface area contributed by atoms with Gasteiger partial charge in [0.1, 0.15) is 11.5 Å². The van der Waals surface area contributed by atoms with Gasteiger partial charge < -0.3 is 20.1 Å². The van der Waals surface area contributed by atoms with Crippen molar-refractivity contribution in [1.82, 2.24) is 5.32 Å². The second kappa shape index (κ2) is 9.15. The van der Waals surface area contributed by atoms with Gasteiger partial charge in [0.15, 0.2) is 0 Å². The molecular weight excluding hydrogens is 328 g/mol. The van der Waals surface area contributed by atoms with Crippen molar-refractivity contribution >= 4 is 23.2 Å². The standard InChI is InChI=1S/C18H21ClN2O3/c1-23-15-6-3-13(4-7-15)12-20-10-9-18(22)21-16-11-14(19)5-8-17(16)24-2/h3-8,11,20H,9-10,12H2,1-2H3,(H,21,22). The summed E-state index contributed by atoms with van der Waals surface area (Å²) in [5, 5.41) is 6.59. The Kier molecular flexibility index (Phi) is 6.90. The first-order valence-electron chi connectivity index (χ1n) is 7.59. The topological polar surface area (TPSA) is 59.6 Å². The monoisotopic (exact) mass is 348 g/mol. The summed E-state index contributed by atoms with van der Waals surface area (Å²) in [6.45, 7) is 1.26. The largest absolute Gasteiger partial charge is 0.497 e. The predicted molar refractivity (Wildman–Crippen MR) is 96.0 cm³/mol. The number of hydrogen-bond donors (Lipinski definition) is 2. The minimum Gasteiger partial charge on any atom is -0.497 e. The second-order valence-corrected chi connectivity index (χ2v) is 5.60. The first-order chi connectivity index (χ1) is 11.6. The summed E-state index contributed by atoms with van der Waals surface area (Å²) in [4.78, 5) is 12.0. The summed E-state index contributed by atoms with van der Waals surface area (Å²) in [5.41, 5.74) is 1.71. The molecule has 0 radical (unpaired) electrons. The number of ether oxygens (including phenoxy) is 2. The van der Waals surface area contributed by atoms with E-state index in [1.807, 2.05) is 24.3 Å². The highest BCUT2D eigenvalue weighted by molar-refractivity contribution is 6.31. The quantitative estimate of drug-likeness (QED) is 0.717. The van der Waals surface area contributed by atoms with Crippen molar-refractivity contribution in [3.63, 3.8) is 0 Å². The highest BCUT2D eigenvalue weighted by Gasteiger charge is 2.08. The fourth-order valence-electron chi connectivity index (χ4n) is 2.17. The third-order valence-electron chi connectivity index (χ3n) is 3.45. The molecule has 0 aliphatic rings. The van der Waals surface area contributed by atoms with E-state index in [9.17, 15) is 4.79 Å². The number of methoxy groups -OCH3 is 2. The van der Waals surface area contributed by atoms with Gasteiger partial charge in [-0.25, -0.2) is 0 Å². The van der Waals surface area contributed by atoms with Crippen molar-refractivity contribution in [2.45, 2.75) is 13.0 Å². The third kappa shape index (κ3) is 5.44. The van der Waals surface area contributed by atoms with Gasteiger partial charge in [0.2, 0.25) is 5.91 Å². The van der Waals surface area contributed by atoms with Gasteiger partial charge in [-0.1, -0.05) is 23.7 Å². The van der Waals surface area contributed by atoms with Crippen molar-refractivity contribution in [3.8, 4) is 11.5 Å². The van der Waals surface area contributed by atoms with E-state index in [-0.39, 0.29) is 5.91 Å². The predicted octanol–water partition coefficient (Wildman–Crippen LogP) is 3.48. The number of carbonyl (C=O) groups excluding carboxylic acids is 1. The molecular formula is C18H21ClN2O3. The number of nitrogens with one attached hydrogen (secondary N) is 2. The van der Waals surface area contributed by atoms with Crippen molar-refractivity contribution in [1.29, 1.82) is 0 Å². The normalized spacial score (nSPS) is 10.3. The molecule has 2 N–H and O–H groups in total.